The molecule has 1 atom stereocenters. The van der Waals surface area contributed by atoms with Gasteiger partial charge in [0.15, 0.2) is 0 Å². The number of rotatable bonds is 5. The maximum absolute atomic E-state index is 12.9. The monoisotopic (exact) mass is 416 g/mol. The molecule has 158 valence electrons. The third kappa shape index (κ3) is 4.43. The highest BCUT2D eigenvalue weighted by molar-refractivity contribution is 5.98. The van der Waals surface area contributed by atoms with Crippen LogP contribution in [0, 0.1) is 0 Å². The summed E-state index contributed by atoms with van der Waals surface area (Å²) in [5, 5.41) is 4.86. The molecule has 3 aromatic carbocycles. The average Bonchev–Trinajstić information content (AvgIpc) is 2.82. The molecular formula is C25H24N2O4. The summed E-state index contributed by atoms with van der Waals surface area (Å²) >= 11 is 0. The summed E-state index contributed by atoms with van der Waals surface area (Å²) in [6.07, 6.45) is 0.535. The lowest BCUT2D eigenvalue weighted by Gasteiger charge is -2.35. The maximum Gasteiger partial charge on any atom is 0.328 e. The summed E-state index contributed by atoms with van der Waals surface area (Å²) in [6.45, 7) is 0.546. The van der Waals surface area contributed by atoms with E-state index >= 15 is 0 Å². The standard InChI is InChI=1S/C25H24N2O4/c1-31-25(30)22-15-19-8-4-5-9-21(19)16-27(22)23(28)12-13-26-24(29)20-11-10-17-6-2-3-7-18(17)14-20/h2-11,14,22H,12-13,15-16H2,1H3,(H,26,29). The van der Waals surface area contributed by atoms with Crippen molar-refractivity contribution < 1.29 is 19.1 Å². The van der Waals surface area contributed by atoms with Gasteiger partial charge >= 0.3 is 5.97 Å². The fourth-order valence-electron chi connectivity index (χ4n) is 3.99. The number of esters is 1. The second-order valence-corrected chi connectivity index (χ2v) is 7.60. The van der Waals surface area contributed by atoms with Crippen molar-refractivity contribution >= 4 is 28.6 Å². The van der Waals surface area contributed by atoms with Crippen LogP contribution in [0.3, 0.4) is 0 Å². The molecule has 1 heterocycles. The van der Waals surface area contributed by atoms with E-state index in [0.29, 0.717) is 18.5 Å². The van der Waals surface area contributed by atoms with Crippen molar-refractivity contribution in [3.8, 4) is 0 Å². The Hall–Kier alpha value is -3.67. The van der Waals surface area contributed by atoms with Crippen LogP contribution in [0.15, 0.2) is 66.7 Å². The maximum atomic E-state index is 12.9. The van der Waals surface area contributed by atoms with E-state index in [9.17, 15) is 14.4 Å². The van der Waals surface area contributed by atoms with E-state index in [1.807, 2.05) is 60.7 Å². The minimum atomic E-state index is -0.649. The third-order valence-electron chi connectivity index (χ3n) is 5.68. The lowest BCUT2D eigenvalue weighted by atomic mass is 9.93. The van der Waals surface area contributed by atoms with Crippen molar-refractivity contribution in [2.24, 2.45) is 0 Å². The summed E-state index contributed by atoms with van der Waals surface area (Å²) in [6, 6.07) is 20.5. The number of fused-ring (bicyclic) bond motifs is 2. The molecular weight excluding hydrogens is 392 g/mol. The first-order valence-corrected chi connectivity index (χ1v) is 10.3. The Morgan fingerprint density at radius 3 is 2.45 bits per heavy atom. The van der Waals surface area contributed by atoms with Gasteiger partial charge in [-0.2, -0.15) is 0 Å². The highest BCUT2D eigenvalue weighted by Crippen LogP contribution is 2.24. The van der Waals surface area contributed by atoms with Crippen LogP contribution < -0.4 is 5.32 Å². The lowest BCUT2D eigenvalue weighted by molar-refractivity contribution is -0.154. The Kier molecular flexibility index (Phi) is 5.98. The zero-order chi connectivity index (χ0) is 21.8. The van der Waals surface area contributed by atoms with E-state index in [4.69, 9.17) is 4.74 Å². The van der Waals surface area contributed by atoms with Crippen LogP contribution in [0.2, 0.25) is 0 Å². The SMILES string of the molecule is COC(=O)C1Cc2ccccc2CN1C(=O)CCNC(=O)c1ccc2ccccc2c1. The molecule has 0 radical (unpaired) electrons. The first kappa shape index (κ1) is 20.6. The zero-order valence-corrected chi connectivity index (χ0v) is 17.3. The molecule has 0 fully saturated rings. The number of ether oxygens (including phenoxy) is 1. The molecule has 0 saturated heterocycles. The first-order chi connectivity index (χ1) is 15.1. The summed E-state index contributed by atoms with van der Waals surface area (Å²) < 4.78 is 4.92. The van der Waals surface area contributed by atoms with Gasteiger partial charge in [-0.3, -0.25) is 9.59 Å². The smallest absolute Gasteiger partial charge is 0.328 e. The van der Waals surface area contributed by atoms with Crippen molar-refractivity contribution in [2.45, 2.75) is 25.4 Å². The number of carbonyl (C=O) groups is 3. The van der Waals surface area contributed by atoms with Gasteiger partial charge in [-0.05, 0) is 34.0 Å². The van der Waals surface area contributed by atoms with E-state index in [2.05, 4.69) is 5.32 Å². The van der Waals surface area contributed by atoms with Crippen LogP contribution in [0.25, 0.3) is 10.8 Å². The average molecular weight is 416 g/mol. The van der Waals surface area contributed by atoms with Crippen LogP contribution >= 0.6 is 0 Å². The number of methoxy groups -OCH3 is 1. The van der Waals surface area contributed by atoms with Crippen molar-refractivity contribution in [2.75, 3.05) is 13.7 Å². The zero-order valence-electron chi connectivity index (χ0n) is 17.3. The number of hydrogen-bond donors (Lipinski definition) is 1. The highest BCUT2D eigenvalue weighted by atomic mass is 16.5. The second kappa shape index (κ2) is 9.00. The predicted octanol–water partition coefficient (Wildman–Crippen LogP) is 3.09. The van der Waals surface area contributed by atoms with Crippen LogP contribution in [0.5, 0.6) is 0 Å². The minimum absolute atomic E-state index is 0.106. The van der Waals surface area contributed by atoms with Gasteiger partial charge in [-0.25, -0.2) is 4.79 Å². The highest BCUT2D eigenvalue weighted by Gasteiger charge is 2.34. The second-order valence-electron chi connectivity index (χ2n) is 7.60. The molecule has 0 bridgehead atoms. The molecule has 31 heavy (non-hydrogen) atoms. The van der Waals surface area contributed by atoms with E-state index < -0.39 is 12.0 Å². The molecule has 6 nitrogen and oxygen atoms in total. The summed E-state index contributed by atoms with van der Waals surface area (Å²) in [7, 11) is 1.33. The number of nitrogens with one attached hydrogen (secondary N) is 1. The Labute approximate surface area is 180 Å². The summed E-state index contributed by atoms with van der Waals surface area (Å²) in [5.41, 5.74) is 2.62. The molecule has 0 aromatic heterocycles. The molecule has 3 aromatic rings. The fraction of sp³-hybridized carbons (Fsp3) is 0.240. The Bertz CT molecular complexity index is 1140. The first-order valence-electron chi connectivity index (χ1n) is 10.3. The van der Waals surface area contributed by atoms with E-state index in [1.165, 1.54) is 7.11 Å². The van der Waals surface area contributed by atoms with Crippen LogP contribution in [0.1, 0.15) is 27.9 Å². The van der Waals surface area contributed by atoms with E-state index in [0.717, 1.165) is 21.9 Å². The van der Waals surface area contributed by atoms with Crippen LogP contribution in [0.4, 0.5) is 0 Å². The normalized spacial score (nSPS) is 15.3. The van der Waals surface area contributed by atoms with Crippen LogP contribution in [-0.4, -0.2) is 42.4 Å². The van der Waals surface area contributed by atoms with E-state index in [1.54, 1.807) is 11.0 Å². The Morgan fingerprint density at radius 1 is 0.968 bits per heavy atom. The topological polar surface area (TPSA) is 75.7 Å². The largest absolute Gasteiger partial charge is 0.467 e. The van der Waals surface area contributed by atoms with Crippen molar-refractivity contribution in [3.05, 3.63) is 83.4 Å². The van der Waals surface area contributed by atoms with Gasteiger partial charge in [0, 0.05) is 31.5 Å². The third-order valence-corrected chi connectivity index (χ3v) is 5.68. The number of benzene rings is 3. The summed E-state index contributed by atoms with van der Waals surface area (Å²) in [4.78, 5) is 39.2. The number of hydrogen-bond acceptors (Lipinski definition) is 4. The Balaban J connectivity index is 1.39. The quantitative estimate of drug-likeness (QED) is 0.649. The lowest BCUT2D eigenvalue weighted by Crippen LogP contribution is -2.49. The van der Waals surface area contributed by atoms with Gasteiger partial charge in [0.2, 0.25) is 5.91 Å². The molecule has 0 aliphatic carbocycles. The molecule has 1 unspecified atom stereocenters. The molecule has 1 aliphatic rings. The number of amides is 2. The molecule has 1 aliphatic heterocycles. The van der Waals surface area contributed by atoms with Gasteiger partial charge in [-0.1, -0.05) is 54.6 Å². The molecule has 0 saturated carbocycles. The van der Waals surface area contributed by atoms with Gasteiger partial charge in [0.05, 0.1) is 7.11 Å². The van der Waals surface area contributed by atoms with Crippen molar-refractivity contribution in [3.63, 3.8) is 0 Å². The van der Waals surface area contributed by atoms with E-state index in [-0.39, 0.29) is 24.8 Å². The minimum Gasteiger partial charge on any atom is -0.467 e. The van der Waals surface area contributed by atoms with Gasteiger partial charge < -0.3 is 15.0 Å². The molecule has 4 rings (SSSR count). The molecule has 6 heteroatoms. The molecule has 0 spiro atoms. The van der Waals surface area contributed by atoms with Gasteiger partial charge in [0.25, 0.3) is 5.91 Å². The summed E-state index contributed by atoms with van der Waals surface area (Å²) in [5.74, 6) is -0.848. The Morgan fingerprint density at radius 2 is 1.68 bits per heavy atom. The predicted molar refractivity (Wildman–Crippen MR) is 117 cm³/mol. The van der Waals surface area contributed by atoms with Crippen molar-refractivity contribution in [1.29, 1.82) is 0 Å². The van der Waals surface area contributed by atoms with Gasteiger partial charge in [-0.15, -0.1) is 0 Å². The van der Waals surface area contributed by atoms with Gasteiger partial charge in [0.1, 0.15) is 6.04 Å². The molecule has 1 N–H and O–H groups in total. The molecule has 2 amide bonds. The van der Waals surface area contributed by atoms with Crippen molar-refractivity contribution in [1.82, 2.24) is 10.2 Å². The fourth-order valence-corrected chi connectivity index (χ4v) is 3.99. The number of carbonyl (C=O) groups excluding carboxylic acids is 3. The number of nitrogens with zero attached hydrogens (tertiary/aromatic N) is 1. The van der Waals surface area contributed by atoms with Crippen LogP contribution in [-0.2, 0) is 27.3 Å².